The Balaban J connectivity index is 2.21. The number of nitrogens with one attached hydrogen (secondary N) is 1. The van der Waals surface area contributed by atoms with Crippen molar-refractivity contribution in [1.82, 2.24) is 4.72 Å². The van der Waals surface area contributed by atoms with E-state index in [1.807, 2.05) is 0 Å². The van der Waals surface area contributed by atoms with Crippen LogP contribution in [0.5, 0.6) is 0 Å². The van der Waals surface area contributed by atoms with Crippen LogP contribution in [0.25, 0.3) is 0 Å². The van der Waals surface area contributed by atoms with E-state index < -0.39 is 10.0 Å². The van der Waals surface area contributed by atoms with Crippen LogP contribution in [0.2, 0.25) is 0 Å². The van der Waals surface area contributed by atoms with Crippen LogP contribution in [0.1, 0.15) is 12.8 Å². The number of hydrogen-bond acceptors (Lipinski definition) is 3. The van der Waals surface area contributed by atoms with Crippen molar-refractivity contribution in [3.05, 3.63) is 0 Å². The maximum absolute atomic E-state index is 10.6. The van der Waals surface area contributed by atoms with Crippen molar-refractivity contribution < 1.29 is 8.42 Å². The fraction of sp³-hybridized carbons (Fsp3) is 1.00. The van der Waals surface area contributed by atoms with E-state index in [4.69, 9.17) is 5.73 Å². The quantitative estimate of drug-likeness (QED) is 0.596. The first kappa shape index (κ1) is 8.96. The Bertz CT molecular complexity index is 221. The van der Waals surface area contributed by atoms with Gasteiger partial charge in [0.1, 0.15) is 0 Å². The smallest absolute Gasteiger partial charge is 0.208 e. The summed E-state index contributed by atoms with van der Waals surface area (Å²) in [4.78, 5) is 0. The average molecular weight is 178 g/mol. The molecule has 1 saturated carbocycles. The van der Waals surface area contributed by atoms with Crippen molar-refractivity contribution in [3.63, 3.8) is 0 Å². The van der Waals surface area contributed by atoms with Gasteiger partial charge in [0.25, 0.3) is 0 Å². The van der Waals surface area contributed by atoms with Crippen molar-refractivity contribution in [2.24, 2.45) is 11.7 Å². The van der Waals surface area contributed by atoms with Gasteiger partial charge in [-0.2, -0.15) is 0 Å². The van der Waals surface area contributed by atoms with E-state index in [0.29, 0.717) is 12.5 Å². The normalized spacial score (nSPS) is 21.6. The van der Waals surface area contributed by atoms with Gasteiger partial charge in [-0.3, -0.25) is 0 Å². The molecule has 1 atom stereocenters. The van der Waals surface area contributed by atoms with Crippen molar-refractivity contribution in [2.45, 2.75) is 18.9 Å². The number of hydrogen-bond donors (Lipinski definition) is 2. The number of rotatable bonds is 4. The zero-order chi connectivity index (χ0) is 8.48. The van der Waals surface area contributed by atoms with E-state index in [-0.39, 0.29) is 6.04 Å². The van der Waals surface area contributed by atoms with Gasteiger partial charge in [0.15, 0.2) is 0 Å². The zero-order valence-corrected chi connectivity index (χ0v) is 7.39. The van der Waals surface area contributed by atoms with E-state index >= 15 is 0 Å². The summed E-state index contributed by atoms with van der Waals surface area (Å²) in [5.74, 6) is 0.546. The average Bonchev–Trinajstić information content (AvgIpc) is 2.61. The molecule has 1 fully saturated rings. The van der Waals surface area contributed by atoms with Gasteiger partial charge in [-0.1, -0.05) is 0 Å². The second-order valence-electron chi connectivity index (χ2n) is 3.12. The molecule has 1 aliphatic rings. The second kappa shape index (κ2) is 3.08. The molecule has 4 nitrogen and oxygen atoms in total. The first-order valence-electron chi connectivity index (χ1n) is 3.69. The van der Waals surface area contributed by atoms with Crippen LogP contribution in [0.15, 0.2) is 0 Å². The molecule has 0 aromatic carbocycles. The van der Waals surface area contributed by atoms with E-state index in [9.17, 15) is 8.42 Å². The second-order valence-corrected chi connectivity index (χ2v) is 4.95. The van der Waals surface area contributed by atoms with Crippen molar-refractivity contribution in [2.75, 3.05) is 12.8 Å². The minimum absolute atomic E-state index is 0.00437. The summed E-state index contributed by atoms with van der Waals surface area (Å²) in [6.45, 7) is 0.378. The maximum atomic E-state index is 10.6. The van der Waals surface area contributed by atoms with E-state index in [0.717, 1.165) is 19.1 Å². The molecule has 0 aliphatic heterocycles. The summed E-state index contributed by atoms with van der Waals surface area (Å²) in [5, 5.41) is 0. The highest BCUT2D eigenvalue weighted by Crippen LogP contribution is 2.31. The molecule has 0 spiro atoms. The fourth-order valence-corrected chi connectivity index (χ4v) is 1.43. The van der Waals surface area contributed by atoms with Gasteiger partial charge < -0.3 is 5.73 Å². The van der Waals surface area contributed by atoms with Gasteiger partial charge in [-0.15, -0.1) is 0 Å². The third kappa shape index (κ3) is 3.69. The monoisotopic (exact) mass is 178 g/mol. The Morgan fingerprint density at radius 3 is 2.55 bits per heavy atom. The molecular weight excluding hydrogens is 164 g/mol. The Hall–Kier alpha value is -0.130. The largest absolute Gasteiger partial charge is 0.326 e. The third-order valence-corrected chi connectivity index (χ3v) is 2.50. The Morgan fingerprint density at radius 2 is 2.18 bits per heavy atom. The zero-order valence-electron chi connectivity index (χ0n) is 6.58. The van der Waals surface area contributed by atoms with Crippen LogP contribution in [0.3, 0.4) is 0 Å². The van der Waals surface area contributed by atoms with Gasteiger partial charge in [-0.25, -0.2) is 13.1 Å². The lowest BCUT2D eigenvalue weighted by atomic mass is 10.2. The summed E-state index contributed by atoms with van der Waals surface area (Å²) >= 11 is 0. The highest BCUT2D eigenvalue weighted by molar-refractivity contribution is 7.88. The molecule has 66 valence electrons. The summed E-state index contributed by atoms with van der Waals surface area (Å²) in [6.07, 6.45) is 3.44. The topological polar surface area (TPSA) is 72.2 Å². The lowest BCUT2D eigenvalue weighted by molar-refractivity contribution is 0.551. The lowest BCUT2D eigenvalue weighted by Gasteiger charge is -2.09. The molecule has 0 bridgehead atoms. The minimum atomic E-state index is -3.05. The number of sulfonamides is 1. The standard InChI is InChI=1S/C6H14N2O2S/c1-11(9,10)8-4-6(7)5-2-3-5/h5-6,8H,2-4,7H2,1H3. The molecule has 1 unspecified atom stereocenters. The van der Waals surface area contributed by atoms with Crippen LogP contribution in [-0.4, -0.2) is 27.3 Å². The highest BCUT2D eigenvalue weighted by Gasteiger charge is 2.28. The van der Waals surface area contributed by atoms with E-state index in [1.54, 1.807) is 0 Å². The van der Waals surface area contributed by atoms with E-state index in [2.05, 4.69) is 4.72 Å². The van der Waals surface area contributed by atoms with Crippen LogP contribution in [0, 0.1) is 5.92 Å². The number of nitrogens with two attached hydrogens (primary N) is 1. The molecule has 0 heterocycles. The Morgan fingerprint density at radius 1 is 1.64 bits per heavy atom. The minimum Gasteiger partial charge on any atom is -0.326 e. The van der Waals surface area contributed by atoms with Gasteiger partial charge in [0.2, 0.25) is 10.0 Å². The summed E-state index contributed by atoms with van der Waals surface area (Å²) in [7, 11) is -3.05. The predicted molar refractivity (Wildman–Crippen MR) is 43.5 cm³/mol. The molecule has 0 radical (unpaired) electrons. The summed E-state index contributed by atoms with van der Waals surface area (Å²) in [5.41, 5.74) is 5.66. The van der Waals surface area contributed by atoms with Crippen LogP contribution < -0.4 is 10.5 Å². The van der Waals surface area contributed by atoms with Gasteiger partial charge in [-0.05, 0) is 18.8 Å². The Kier molecular flexibility index (Phi) is 2.51. The molecule has 0 aromatic heterocycles. The molecule has 11 heavy (non-hydrogen) atoms. The molecule has 3 N–H and O–H groups in total. The Labute approximate surface area is 67.2 Å². The van der Waals surface area contributed by atoms with Crippen molar-refractivity contribution in [1.29, 1.82) is 0 Å². The molecule has 0 amide bonds. The predicted octanol–water partition coefficient (Wildman–Crippen LogP) is -0.727. The first-order valence-corrected chi connectivity index (χ1v) is 5.58. The SMILES string of the molecule is CS(=O)(=O)NCC(N)C1CC1. The first-order chi connectivity index (χ1) is 4.99. The summed E-state index contributed by atoms with van der Waals surface area (Å²) in [6, 6.07) is 0.00437. The summed E-state index contributed by atoms with van der Waals surface area (Å²) < 4.78 is 23.6. The lowest BCUT2D eigenvalue weighted by Crippen LogP contribution is -2.37. The molecule has 0 aromatic rings. The third-order valence-electron chi connectivity index (χ3n) is 1.81. The van der Waals surface area contributed by atoms with Gasteiger partial charge in [0, 0.05) is 12.6 Å². The molecule has 1 aliphatic carbocycles. The fourth-order valence-electron chi connectivity index (χ4n) is 0.939. The maximum Gasteiger partial charge on any atom is 0.208 e. The van der Waals surface area contributed by atoms with Gasteiger partial charge in [0.05, 0.1) is 6.26 Å². The molecule has 0 saturated heterocycles. The van der Waals surface area contributed by atoms with Crippen LogP contribution in [0.4, 0.5) is 0 Å². The van der Waals surface area contributed by atoms with E-state index in [1.165, 1.54) is 0 Å². The van der Waals surface area contributed by atoms with Crippen molar-refractivity contribution >= 4 is 10.0 Å². The highest BCUT2D eigenvalue weighted by atomic mass is 32.2. The molecule has 1 rings (SSSR count). The van der Waals surface area contributed by atoms with Crippen LogP contribution >= 0.6 is 0 Å². The molecule has 5 heteroatoms. The van der Waals surface area contributed by atoms with Crippen LogP contribution in [-0.2, 0) is 10.0 Å². The van der Waals surface area contributed by atoms with Crippen molar-refractivity contribution in [3.8, 4) is 0 Å². The van der Waals surface area contributed by atoms with Gasteiger partial charge >= 0.3 is 0 Å². The molecular formula is C6H14N2O2S.